The molecule has 0 amide bonds. The van der Waals surface area contributed by atoms with E-state index in [1.165, 1.54) is 0 Å². The van der Waals surface area contributed by atoms with Gasteiger partial charge >= 0.3 is 5.97 Å². The predicted molar refractivity (Wildman–Crippen MR) is 283 cm³/mol. The van der Waals surface area contributed by atoms with E-state index in [-0.39, 0.29) is 33.4 Å². The van der Waals surface area contributed by atoms with Crippen molar-refractivity contribution in [1.29, 1.82) is 0 Å². The third kappa shape index (κ3) is 16.4. The second-order valence-electron chi connectivity index (χ2n) is 23.5. The SMILES string of the molecule is C=C(Br)CC(CCC(O)/C=C/C(O[Si](C)(C)C(C)(C)C)[C@@H]1OC2CCC(CCO[Si](CC)(CC)CC)O[C@@H]2C(O[Si](C)(C)C(C)(C)C)C1O[Si](C)(C)C(C)(C)C)OC(=O)c1ccccc1. The molecule has 9 nitrogen and oxygen atoms in total. The molecular weight excluding hydrogens is 949 g/mol. The van der Waals surface area contributed by atoms with Gasteiger partial charge in [-0.2, -0.15) is 0 Å². The van der Waals surface area contributed by atoms with Gasteiger partial charge in [0.05, 0.1) is 30.0 Å². The minimum Gasteiger partial charge on any atom is -0.458 e. The van der Waals surface area contributed by atoms with E-state index in [9.17, 15) is 9.90 Å². The summed E-state index contributed by atoms with van der Waals surface area (Å²) in [5.41, 5.74) is 0.486. The van der Waals surface area contributed by atoms with Crippen molar-refractivity contribution >= 4 is 55.2 Å². The van der Waals surface area contributed by atoms with Gasteiger partial charge in [-0.05, 0) is 121 Å². The van der Waals surface area contributed by atoms with Crippen molar-refractivity contribution in [2.24, 2.45) is 0 Å². The van der Waals surface area contributed by atoms with Crippen LogP contribution in [0, 0.1) is 0 Å². The summed E-state index contributed by atoms with van der Waals surface area (Å²) in [6, 6.07) is 12.4. The Morgan fingerprint density at radius 3 is 1.85 bits per heavy atom. The van der Waals surface area contributed by atoms with Gasteiger partial charge in [-0.15, -0.1) is 0 Å². The highest BCUT2D eigenvalue weighted by Gasteiger charge is 2.58. The largest absolute Gasteiger partial charge is 0.458 e. The number of aliphatic hydroxyl groups is 1. The van der Waals surface area contributed by atoms with Crippen LogP contribution in [0.15, 0.2) is 53.5 Å². The van der Waals surface area contributed by atoms with E-state index in [2.05, 4.69) is 145 Å². The number of esters is 1. The molecular formula is C51H93BrO9Si4. The first-order valence-corrected chi connectivity index (χ1v) is 36.8. The lowest BCUT2D eigenvalue weighted by Gasteiger charge is -2.56. The number of hydrogen-bond acceptors (Lipinski definition) is 9. The fraction of sp³-hybridized carbons (Fsp3) is 0.784. The number of halogens is 1. The smallest absolute Gasteiger partial charge is 0.338 e. The predicted octanol–water partition coefficient (Wildman–Crippen LogP) is 14.1. The standard InChI is InChI=1S/C51H93BrO9Si4/c1-20-65(21-2,22-3)55-35-34-40-31-33-42-44(56-40)46(60-63(16,17)50(8,9)10)47(61-64(18,19)51(11,12)13)45(58-42)43(59-62(14,15)49(5,6)7)32-29-39(53)28-30-41(36-37(4)52)57-48(54)38-26-24-23-25-27-38/h23-27,29,32,39-47,53H,4,20-22,28,30-31,33-36H2,1-3,5-19H3/b32-29+/t39?,40?,41?,42?,43?,44-,45-,46?,47?/m0/s1. The number of benzene rings is 1. The van der Waals surface area contributed by atoms with Crippen LogP contribution in [0.5, 0.6) is 0 Å². The van der Waals surface area contributed by atoms with E-state index in [1.54, 1.807) is 12.1 Å². The van der Waals surface area contributed by atoms with Crippen LogP contribution in [-0.4, -0.2) is 106 Å². The molecule has 2 saturated heterocycles. The second kappa shape index (κ2) is 23.9. The van der Waals surface area contributed by atoms with Crippen LogP contribution in [0.1, 0.15) is 132 Å². The van der Waals surface area contributed by atoms with Crippen molar-refractivity contribution in [3.63, 3.8) is 0 Å². The monoisotopic (exact) mass is 1040 g/mol. The molecule has 374 valence electrons. The number of fused-ring (bicyclic) bond motifs is 1. The van der Waals surface area contributed by atoms with E-state index in [1.807, 2.05) is 30.4 Å². The number of ether oxygens (including phenoxy) is 3. The van der Waals surface area contributed by atoms with Crippen LogP contribution in [0.2, 0.25) is 72.5 Å². The fourth-order valence-electron chi connectivity index (χ4n) is 7.89. The summed E-state index contributed by atoms with van der Waals surface area (Å²) < 4.78 is 50.8. The maximum Gasteiger partial charge on any atom is 0.338 e. The van der Waals surface area contributed by atoms with E-state index < -0.39 is 75.9 Å². The van der Waals surface area contributed by atoms with E-state index in [0.29, 0.717) is 31.4 Å². The molecule has 0 saturated carbocycles. The van der Waals surface area contributed by atoms with Gasteiger partial charge in [0.1, 0.15) is 30.5 Å². The third-order valence-electron chi connectivity index (χ3n) is 15.6. The average Bonchev–Trinajstić information content (AvgIpc) is 3.19. The molecule has 0 radical (unpaired) electrons. The Labute approximate surface area is 409 Å². The lowest BCUT2D eigenvalue weighted by Crippen LogP contribution is -2.69. The van der Waals surface area contributed by atoms with Crippen LogP contribution in [0.4, 0.5) is 0 Å². The Balaban J connectivity index is 2.11. The minimum absolute atomic E-state index is 0.0273. The van der Waals surface area contributed by atoms with Crippen LogP contribution in [0.25, 0.3) is 0 Å². The number of carbonyl (C=O) groups is 1. The van der Waals surface area contributed by atoms with Gasteiger partial charge in [-0.1, -0.05) is 136 Å². The maximum atomic E-state index is 13.1. The zero-order valence-corrected chi connectivity index (χ0v) is 49.7. The first-order chi connectivity index (χ1) is 29.8. The molecule has 0 aliphatic carbocycles. The van der Waals surface area contributed by atoms with Crippen LogP contribution < -0.4 is 0 Å². The van der Waals surface area contributed by atoms with Crippen molar-refractivity contribution in [3.8, 4) is 0 Å². The highest BCUT2D eigenvalue weighted by molar-refractivity contribution is 9.11. The highest BCUT2D eigenvalue weighted by Crippen LogP contribution is 2.47. The Morgan fingerprint density at radius 2 is 1.34 bits per heavy atom. The van der Waals surface area contributed by atoms with E-state index in [0.717, 1.165) is 41.9 Å². The molecule has 9 atom stereocenters. The van der Waals surface area contributed by atoms with Gasteiger partial charge in [0, 0.05) is 13.0 Å². The van der Waals surface area contributed by atoms with Gasteiger partial charge < -0.3 is 37.0 Å². The normalized spacial score (nSPS) is 24.4. The third-order valence-corrected chi connectivity index (χ3v) is 34.1. The Bertz CT molecular complexity index is 1660. The summed E-state index contributed by atoms with van der Waals surface area (Å²) in [6.45, 7) is 45.8. The zero-order chi connectivity index (χ0) is 49.4. The lowest BCUT2D eigenvalue weighted by molar-refractivity contribution is -0.267. The molecule has 14 heteroatoms. The van der Waals surface area contributed by atoms with Gasteiger partial charge in [0.25, 0.3) is 0 Å². The van der Waals surface area contributed by atoms with Crippen molar-refractivity contribution < 1.29 is 41.8 Å². The summed E-state index contributed by atoms with van der Waals surface area (Å²) in [4.78, 5) is 13.1. The van der Waals surface area contributed by atoms with Crippen LogP contribution in [0.3, 0.4) is 0 Å². The first kappa shape index (κ1) is 58.6. The first-order valence-electron chi connectivity index (χ1n) is 24.8. The molecule has 1 aromatic rings. The molecule has 2 aliphatic rings. The number of aliphatic hydroxyl groups excluding tert-OH is 1. The molecule has 0 spiro atoms. The van der Waals surface area contributed by atoms with E-state index >= 15 is 0 Å². The van der Waals surface area contributed by atoms with Crippen molar-refractivity contribution in [2.45, 2.75) is 249 Å². The fourth-order valence-corrected chi connectivity index (χ4v) is 14.8. The average molecular weight is 1040 g/mol. The maximum absolute atomic E-state index is 13.1. The van der Waals surface area contributed by atoms with Gasteiger partial charge in [-0.25, -0.2) is 4.79 Å². The second-order valence-corrected chi connectivity index (χ2v) is 43.7. The molecule has 3 rings (SSSR count). The molecule has 2 fully saturated rings. The van der Waals surface area contributed by atoms with Crippen molar-refractivity contribution in [1.82, 2.24) is 0 Å². The van der Waals surface area contributed by atoms with Crippen molar-refractivity contribution in [2.75, 3.05) is 6.61 Å². The van der Waals surface area contributed by atoms with Gasteiger partial charge in [0.15, 0.2) is 33.3 Å². The van der Waals surface area contributed by atoms with Gasteiger partial charge in [0.2, 0.25) is 0 Å². The number of carbonyl (C=O) groups excluding carboxylic acids is 1. The number of rotatable bonds is 23. The van der Waals surface area contributed by atoms with Crippen LogP contribution in [-0.2, 0) is 31.9 Å². The van der Waals surface area contributed by atoms with Crippen molar-refractivity contribution in [3.05, 3.63) is 59.1 Å². The summed E-state index contributed by atoms with van der Waals surface area (Å²) in [6.07, 6.45) is 3.79. The summed E-state index contributed by atoms with van der Waals surface area (Å²) in [5, 5.41) is 11.4. The Hall–Kier alpha value is -0.762. The molecule has 7 unspecified atom stereocenters. The molecule has 2 heterocycles. The molecule has 1 N–H and O–H groups in total. The summed E-state index contributed by atoms with van der Waals surface area (Å²) >= 11 is 3.47. The van der Waals surface area contributed by atoms with E-state index in [4.69, 9.17) is 31.9 Å². The zero-order valence-electron chi connectivity index (χ0n) is 44.1. The molecule has 1 aromatic carbocycles. The lowest BCUT2D eigenvalue weighted by atomic mass is 9.87. The Morgan fingerprint density at radius 1 is 0.800 bits per heavy atom. The van der Waals surface area contributed by atoms with Crippen LogP contribution >= 0.6 is 15.9 Å². The summed E-state index contributed by atoms with van der Waals surface area (Å²) in [7, 11) is -9.09. The summed E-state index contributed by atoms with van der Waals surface area (Å²) in [5.74, 6) is -0.397. The highest BCUT2D eigenvalue weighted by atomic mass is 79.9. The topological polar surface area (TPSA) is 102 Å². The molecule has 2 aliphatic heterocycles. The number of hydrogen-bond donors (Lipinski definition) is 1. The molecule has 0 aromatic heterocycles. The van der Waals surface area contributed by atoms with Gasteiger partial charge in [-0.3, -0.25) is 0 Å². The Kier molecular flexibility index (Phi) is 21.5. The quantitative estimate of drug-likeness (QED) is 0.0652. The minimum atomic E-state index is -2.47. The molecule has 0 bridgehead atoms. The molecule has 65 heavy (non-hydrogen) atoms.